The minimum absolute atomic E-state index is 0.0342. The Kier molecular flexibility index (Phi) is 2.92. The van der Waals surface area contributed by atoms with E-state index < -0.39 is 5.97 Å². The Morgan fingerprint density at radius 2 is 2.31 bits per heavy atom. The van der Waals surface area contributed by atoms with Crippen molar-refractivity contribution in [3.05, 3.63) is 35.7 Å². The van der Waals surface area contributed by atoms with E-state index in [0.717, 1.165) is 0 Å². The summed E-state index contributed by atoms with van der Waals surface area (Å²) in [5.41, 5.74) is 0.604. The van der Waals surface area contributed by atoms with E-state index in [9.17, 15) is 9.59 Å². The summed E-state index contributed by atoms with van der Waals surface area (Å²) in [6.45, 7) is 0. The highest BCUT2D eigenvalue weighted by atomic mass is 16.4. The van der Waals surface area contributed by atoms with Gasteiger partial charge in [-0.25, -0.2) is 9.78 Å². The molecule has 1 rings (SSSR count). The molecule has 0 spiro atoms. The van der Waals surface area contributed by atoms with E-state index in [0.29, 0.717) is 11.8 Å². The Bertz CT molecular complexity index is 358. The number of allylic oxidation sites excluding steroid dienone is 1. The molecule has 66 valence electrons. The number of carboxylic acids is 1. The Morgan fingerprint density at radius 3 is 2.92 bits per heavy atom. The molecule has 4 nitrogen and oxygen atoms in total. The molecule has 0 unspecified atom stereocenters. The second kappa shape index (κ2) is 4.15. The fraction of sp³-hybridized carbons (Fsp3) is 0. The summed E-state index contributed by atoms with van der Waals surface area (Å²) in [7, 11) is 0. The Hall–Kier alpha value is -1.97. The average Bonchev–Trinajstić information content (AvgIpc) is 2.15. The minimum atomic E-state index is -1.08. The number of aldehydes is 1. The van der Waals surface area contributed by atoms with Crippen molar-refractivity contribution in [2.24, 2.45) is 0 Å². The molecule has 0 bridgehead atoms. The molecular formula is C9H7NO3. The van der Waals surface area contributed by atoms with Crippen LogP contribution in [0.15, 0.2) is 24.4 Å². The van der Waals surface area contributed by atoms with Gasteiger partial charge in [0, 0.05) is 6.20 Å². The van der Waals surface area contributed by atoms with Crippen LogP contribution in [0.4, 0.5) is 0 Å². The molecule has 1 N–H and O–H groups in total. The van der Waals surface area contributed by atoms with E-state index in [-0.39, 0.29) is 5.69 Å². The smallest absolute Gasteiger partial charge is 0.354 e. The van der Waals surface area contributed by atoms with Crippen molar-refractivity contribution in [3.8, 4) is 0 Å². The van der Waals surface area contributed by atoms with E-state index >= 15 is 0 Å². The van der Waals surface area contributed by atoms with Crippen molar-refractivity contribution >= 4 is 18.3 Å². The third kappa shape index (κ3) is 2.52. The molecule has 0 atom stereocenters. The maximum Gasteiger partial charge on any atom is 0.354 e. The van der Waals surface area contributed by atoms with Crippen LogP contribution in [0.1, 0.15) is 16.1 Å². The molecule has 0 radical (unpaired) electrons. The van der Waals surface area contributed by atoms with Gasteiger partial charge in [0.1, 0.15) is 12.0 Å². The first-order chi connectivity index (χ1) is 6.24. The fourth-order valence-corrected chi connectivity index (χ4v) is 0.818. The summed E-state index contributed by atoms with van der Waals surface area (Å²) >= 11 is 0. The quantitative estimate of drug-likeness (QED) is 0.552. The summed E-state index contributed by atoms with van der Waals surface area (Å²) in [6, 6.07) is 3.01. The van der Waals surface area contributed by atoms with Crippen molar-refractivity contribution in [2.45, 2.75) is 0 Å². The Balaban J connectivity index is 2.98. The van der Waals surface area contributed by atoms with Gasteiger partial charge in [-0.15, -0.1) is 0 Å². The molecular weight excluding hydrogens is 170 g/mol. The van der Waals surface area contributed by atoms with Gasteiger partial charge in [-0.1, -0.05) is 6.08 Å². The standard InChI is InChI=1S/C9H7NO3/c11-5-1-2-7-3-4-10-8(6-7)9(12)13/h1-6H,(H,12,13). The summed E-state index contributed by atoms with van der Waals surface area (Å²) < 4.78 is 0. The number of aromatic carboxylic acids is 1. The third-order valence-corrected chi connectivity index (χ3v) is 1.37. The van der Waals surface area contributed by atoms with E-state index in [1.165, 1.54) is 24.4 Å². The zero-order valence-electron chi connectivity index (χ0n) is 6.68. The number of carboxylic acid groups (broad SMARTS) is 1. The lowest BCUT2D eigenvalue weighted by Crippen LogP contribution is -1.99. The van der Waals surface area contributed by atoms with Crippen LogP contribution in [0.5, 0.6) is 0 Å². The molecule has 0 aliphatic heterocycles. The fourth-order valence-electron chi connectivity index (χ4n) is 0.818. The number of aromatic nitrogens is 1. The normalized spacial score (nSPS) is 10.2. The van der Waals surface area contributed by atoms with Gasteiger partial charge in [0.2, 0.25) is 0 Å². The number of pyridine rings is 1. The Morgan fingerprint density at radius 1 is 1.54 bits per heavy atom. The lowest BCUT2D eigenvalue weighted by atomic mass is 10.2. The number of hydrogen-bond donors (Lipinski definition) is 1. The second-order valence-corrected chi connectivity index (χ2v) is 2.27. The molecule has 0 fully saturated rings. The molecule has 1 aromatic heterocycles. The highest BCUT2D eigenvalue weighted by Gasteiger charge is 2.02. The van der Waals surface area contributed by atoms with Crippen LogP contribution in [-0.2, 0) is 4.79 Å². The van der Waals surface area contributed by atoms with Gasteiger partial charge in [0.15, 0.2) is 0 Å². The highest BCUT2D eigenvalue weighted by molar-refractivity contribution is 5.86. The van der Waals surface area contributed by atoms with Crippen molar-refractivity contribution in [1.82, 2.24) is 4.98 Å². The van der Waals surface area contributed by atoms with Crippen molar-refractivity contribution in [3.63, 3.8) is 0 Å². The van der Waals surface area contributed by atoms with E-state index in [1.54, 1.807) is 6.07 Å². The topological polar surface area (TPSA) is 67.3 Å². The lowest BCUT2D eigenvalue weighted by Gasteiger charge is -1.94. The minimum Gasteiger partial charge on any atom is -0.477 e. The van der Waals surface area contributed by atoms with Gasteiger partial charge >= 0.3 is 5.97 Å². The number of rotatable bonds is 3. The first kappa shape index (κ1) is 9.12. The zero-order valence-corrected chi connectivity index (χ0v) is 6.68. The predicted octanol–water partition coefficient (Wildman–Crippen LogP) is 0.992. The van der Waals surface area contributed by atoms with Crippen LogP contribution >= 0.6 is 0 Å². The molecule has 0 aliphatic rings. The highest BCUT2D eigenvalue weighted by Crippen LogP contribution is 2.03. The van der Waals surface area contributed by atoms with Gasteiger partial charge in [-0.2, -0.15) is 0 Å². The number of hydrogen-bond acceptors (Lipinski definition) is 3. The van der Waals surface area contributed by atoms with Gasteiger partial charge in [-0.3, -0.25) is 4.79 Å². The molecule has 4 heteroatoms. The maximum atomic E-state index is 10.5. The summed E-state index contributed by atoms with van der Waals surface area (Å²) in [6.07, 6.45) is 4.82. The monoisotopic (exact) mass is 177 g/mol. The van der Waals surface area contributed by atoms with E-state index in [1.807, 2.05) is 0 Å². The van der Waals surface area contributed by atoms with Crippen LogP contribution in [0, 0.1) is 0 Å². The van der Waals surface area contributed by atoms with Gasteiger partial charge in [-0.05, 0) is 23.8 Å². The SMILES string of the molecule is O=CC=Cc1ccnc(C(=O)O)c1. The predicted molar refractivity (Wildman–Crippen MR) is 46.3 cm³/mol. The van der Waals surface area contributed by atoms with Crippen LogP contribution in [0.25, 0.3) is 6.08 Å². The first-order valence-corrected chi connectivity index (χ1v) is 3.55. The molecule has 1 heterocycles. The van der Waals surface area contributed by atoms with Crippen LogP contribution in [0.2, 0.25) is 0 Å². The lowest BCUT2D eigenvalue weighted by molar-refractivity contribution is -0.104. The summed E-state index contributed by atoms with van der Waals surface area (Å²) in [5.74, 6) is -1.08. The largest absolute Gasteiger partial charge is 0.477 e. The van der Waals surface area contributed by atoms with Crippen molar-refractivity contribution < 1.29 is 14.7 Å². The van der Waals surface area contributed by atoms with Crippen molar-refractivity contribution in [2.75, 3.05) is 0 Å². The number of nitrogens with zero attached hydrogens (tertiary/aromatic N) is 1. The van der Waals surface area contributed by atoms with E-state index in [4.69, 9.17) is 5.11 Å². The number of carbonyl (C=O) groups is 2. The molecule has 0 aromatic carbocycles. The molecule has 0 amide bonds. The molecule has 0 saturated heterocycles. The van der Waals surface area contributed by atoms with Gasteiger partial charge < -0.3 is 5.11 Å². The second-order valence-electron chi connectivity index (χ2n) is 2.27. The third-order valence-electron chi connectivity index (χ3n) is 1.37. The summed E-state index contributed by atoms with van der Waals surface area (Å²) in [4.78, 5) is 24.1. The molecule has 1 aromatic rings. The van der Waals surface area contributed by atoms with Crippen LogP contribution in [-0.4, -0.2) is 22.3 Å². The molecule has 13 heavy (non-hydrogen) atoms. The number of carbonyl (C=O) groups excluding carboxylic acids is 1. The summed E-state index contributed by atoms with van der Waals surface area (Å²) in [5, 5.41) is 8.58. The van der Waals surface area contributed by atoms with Crippen LogP contribution in [0.3, 0.4) is 0 Å². The van der Waals surface area contributed by atoms with Gasteiger partial charge in [0.05, 0.1) is 0 Å². The first-order valence-electron chi connectivity index (χ1n) is 3.55. The molecule has 0 saturated carbocycles. The van der Waals surface area contributed by atoms with Crippen LogP contribution < -0.4 is 0 Å². The van der Waals surface area contributed by atoms with Gasteiger partial charge in [0.25, 0.3) is 0 Å². The van der Waals surface area contributed by atoms with Crippen molar-refractivity contribution in [1.29, 1.82) is 0 Å². The van der Waals surface area contributed by atoms with E-state index in [2.05, 4.69) is 4.98 Å². The zero-order chi connectivity index (χ0) is 9.68. The molecule has 0 aliphatic carbocycles. The maximum absolute atomic E-state index is 10.5. The average molecular weight is 177 g/mol. The Labute approximate surface area is 74.5 Å².